The number of carbonyl (C=O) groups excluding carboxylic acids is 1. The topological polar surface area (TPSA) is 50.6 Å². The third kappa shape index (κ3) is 3.14. The van der Waals surface area contributed by atoms with Crippen molar-refractivity contribution in [3.8, 4) is 0 Å². The van der Waals surface area contributed by atoms with Crippen molar-refractivity contribution in [2.45, 2.75) is 18.4 Å². The first-order valence-corrected chi connectivity index (χ1v) is 8.86. The fraction of sp³-hybridized carbons (Fsp3) is 0.474. The molecule has 4 heterocycles. The summed E-state index contributed by atoms with van der Waals surface area (Å²) >= 11 is 0. The number of amides is 1. The lowest BCUT2D eigenvalue weighted by Crippen LogP contribution is -2.61. The zero-order chi connectivity index (χ0) is 17.3. The van der Waals surface area contributed by atoms with Gasteiger partial charge in [0, 0.05) is 39.1 Å². The van der Waals surface area contributed by atoms with Crippen LogP contribution >= 0.6 is 0 Å². The third-order valence-electron chi connectivity index (χ3n) is 5.25. The van der Waals surface area contributed by atoms with Crippen molar-refractivity contribution in [1.82, 2.24) is 14.5 Å². The molecule has 0 aromatic carbocycles. The molecule has 0 radical (unpaired) electrons. The molecule has 1 spiro atoms. The quantitative estimate of drug-likeness (QED) is 0.838. The smallest absolute Gasteiger partial charge is 0.270 e. The van der Waals surface area contributed by atoms with Gasteiger partial charge in [-0.2, -0.15) is 0 Å². The summed E-state index contributed by atoms with van der Waals surface area (Å²) < 4.78 is 8.11. The van der Waals surface area contributed by atoms with Gasteiger partial charge in [-0.1, -0.05) is 0 Å². The number of morpholine rings is 1. The zero-order valence-electron chi connectivity index (χ0n) is 14.6. The van der Waals surface area contributed by atoms with E-state index in [0.29, 0.717) is 19.7 Å². The van der Waals surface area contributed by atoms with E-state index in [-0.39, 0.29) is 11.5 Å². The van der Waals surface area contributed by atoms with Crippen LogP contribution in [0.25, 0.3) is 0 Å². The average Bonchev–Trinajstić information content (AvgIpc) is 3.08. The summed E-state index contributed by atoms with van der Waals surface area (Å²) in [5.41, 5.74) is 1.57. The molecule has 4 rings (SSSR count). The number of anilines is 1. The van der Waals surface area contributed by atoms with Gasteiger partial charge in [0.2, 0.25) is 0 Å². The summed E-state index contributed by atoms with van der Waals surface area (Å²) in [6.07, 6.45) is 7.64. The molecule has 2 aliphatic heterocycles. The molecule has 1 atom stereocenters. The van der Waals surface area contributed by atoms with Gasteiger partial charge in [-0.3, -0.25) is 9.78 Å². The van der Waals surface area contributed by atoms with Crippen LogP contribution < -0.4 is 4.90 Å². The molecule has 0 N–H and O–H groups in total. The first kappa shape index (κ1) is 16.1. The minimum Gasteiger partial charge on any atom is -0.369 e. The maximum Gasteiger partial charge on any atom is 0.270 e. The number of ether oxygens (including phenoxy) is 1. The first-order chi connectivity index (χ1) is 12.2. The van der Waals surface area contributed by atoms with Crippen molar-refractivity contribution < 1.29 is 9.53 Å². The Labute approximate surface area is 148 Å². The van der Waals surface area contributed by atoms with E-state index in [9.17, 15) is 4.79 Å². The Hall–Kier alpha value is -2.34. The predicted octanol–water partition coefficient (Wildman–Crippen LogP) is 1.93. The normalized spacial score (nSPS) is 23.9. The molecule has 0 aliphatic carbocycles. The molecule has 2 aliphatic rings. The SMILES string of the molecule is Cn1cccc1C(=O)N1CCOC2(CCCN(c3cccnc3)C2)C1. The lowest BCUT2D eigenvalue weighted by molar-refractivity contribution is -0.105. The second-order valence-electron chi connectivity index (χ2n) is 7.00. The summed E-state index contributed by atoms with van der Waals surface area (Å²) in [5.74, 6) is 0.0914. The second kappa shape index (κ2) is 6.52. The van der Waals surface area contributed by atoms with E-state index in [2.05, 4.69) is 16.0 Å². The molecule has 2 saturated heterocycles. The summed E-state index contributed by atoms with van der Waals surface area (Å²) in [6, 6.07) is 7.84. The number of piperidine rings is 1. The number of pyridine rings is 1. The average molecular weight is 340 g/mol. The zero-order valence-corrected chi connectivity index (χ0v) is 14.6. The van der Waals surface area contributed by atoms with Crippen LogP contribution in [0, 0.1) is 0 Å². The number of aryl methyl sites for hydroxylation is 1. The fourth-order valence-corrected chi connectivity index (χ4v) is 3.97. The Morgan fingerprint density at radius 1 is 1.24 bits per heavy atom. The van der Waals surface area contributed by atoms with Crippen molar-refractivity contribution >= 4 is 11.6 Å². The van der Waals surface area contributed by atoms with Crippen LogP contribution in [-0.4, -0.2) is 58.7 Å². The van der Waals surface area contributed by atoms with Gasteiger partial charge in [0.15, 0.2) is 0 Å². The molecule has 25 heavy (non-hydrogen) atoms. The number of nitrogens with zero attached hydrogens (tertiary/aromatic N) is 4. The molecule has 132 valence electrons. The van der Waals surface area contributed by atoms with E-state index in [1.54, 1.807) is 6.20 Å². The van der Waals surface area contributed by atoms with Crippen LogP contribution in [0.5, 0.6) is 0 Å². The number of hydrogen-bond donors (Lipinski definition) is 0. The minimum atomic E-state index is -0.285. The standard InChI is InChI=1S/C19H24N4O2/c1-21-9-3-6-17(21)18(24)23-11-12-25-19(15-23)7-4-10-22(14-19)16-5-2-8-20-13-16/h2-3,5-6,8-9,13H,4,7,10-12,14-15H2,1H3. The Bertz CT molecular complexity index is 741. The predicted molar refractivity (Wildman–Crippen MR) is 95.7 cm³/mol. The number of aromatic nitrogens is 2. The number of hydrogen-bond acceptors (Lipinski definition) is 4. The molecule has 2 aromatic heterocycles. The third-order valence-corrected chi connectivity index (χ3v) is 5.25. The van der Waals surface area contributed by atoms with E-state index < -0.39 is 0 Å². The van der Waals surface area contributed by atoms with Crippen LogP contribution in [0.1, 0.15) is 23.3 Å². The highest BCUT2D eigenvalue weighted by Crippen LogP contribution is 2.31. The molecule has 6 nitrogen and oxygen atoms in total. The molecule has 2 aromatic rings. The van der Waals surface area contributed by atoms with E-state index in [1.807, 2.05) is 47.1 Å². The molecule has 1 amide bonds. The lowest BCUT2D eigenvalue weighted by atomic mass is 9.90. The Balaban J connectivity index is 1.51. The van der Waals surface area contributed by atoms with Gasteiger partial charge in [-0.15, -0.1) is 0 Å². The number of carbonyl (C=O) groups is 1. The van der Waals surface area contributed by atoms with Crippen LogP contribution in [-0.2, 0) is 11.8 Å². The molecule has 0 bridgehead atoms. The lowest BCUT2D eigenvalue weighted by Gasteiger charge is -2.48. The Kier molecular flexibility index (Phi) is 4.21. The van der Waals surface area contributed by atoms with E-state index >= 15 is 0 Å². The van der Waals surface area contributed by atoms with Gasteiger partial charge in [-0.25, -0.2) is 0 Å². The highest BCUT2D eigenvalue weighted by Gasteiger charge is 2.42. The monoisotopic (exact) mass is 340 g/mol. The summed E-state index contributed by atoms with van der Waals surface area (Å²) in [4.78, 5) is 21.4. The van der Waals surface area contributed by atoms with Crippen molar-refractivity contribution in [3.63, 3.8) is 0 Å². The van der Waals surface area contributed by atoms with Gasteiger partial charge in [0.25, 0.3) is 5.91 Å². The molecule has 0 saturated carbocycles. The van der Waals surface area contributed by atoms with E-state index in [0.717, 1.165) is 37.3 Å². The highest BCUT2D eigenvalue weighted by molar-refractivity contribution is 5.92. The van der Waals surface area contributed by atoms with Gasteiger partial charge in [-0.05, 0) is 37.1 Å². The summed E-state index contributed by atoms with van der Waals surface area (Å²) in [6.45, 7) is 3.70. The van der Waals surface area contributed by atoms with E-state index in [1.165, 1.54) is 0 Å². The van der Waals surface area contributed by atoms with E-state index in [4.69, 9.17) is 4.74 Å². The van der Waals surface area contributed by atoms with Crippen LogP contribution in [0.4, 0.5) is 5.69 Å². The molecule has 6 heteroatoms. The van der Waals surface area contributed by atoms with Gasteiger partial charge >= 0.3 is 0 Å². The van der Waals surface area contributed by atoms with Gasteiger partial charge in [0.1, 0.15) is 11.3 Å². The Morgan fingerprint density at radius 2 is 2.16 bits per heavy atom. The van der Waals surface area contributed by atoms with Crippen molar-refractivity contribution in [1.29, 1.82) is 0 Å². The van der Waals surface area contributed by atoms with Crippen molar-refractivity contribution in [2.75, 3.05) is 37.7 Å². The number of rotatable bonds is 2. The highest BCUT2D eigenvalue weighted by atomic mass is 16.5. The summed E-state index contributed by atoms with van der Waals surface area (Å²) in [5, 5.41) is 0. The molecule has 2 fully saturated rings. The first-order valence-electron chi connectivity index (χ1n) is 8.86. The minimum absolute atomic E-state index is 0.0914. The molecular weight excluding hydrogens is 316 g/mol. The van der Waals surface area contributed by atoms with Crippen LogP contribution in [0.15, 0.2) is 42.9 Å². The maximum absolute atomic E-state index is 12.9. The summed E-state index contributed by atoms with van der Waals surface area (Å²) in [7, 11) is 1.91. The van der Waals surface area contributed by atoms with Gasteiger partial charge in [0.05, 0.1) is 25.0 Å². The van der Waals surface area contributed by atoms with Crippen LogP contribution in [0.3, 0.4) is 0 Å². The molecule has 1 unspecified atom stereocenters. The maximum atomic E-state index is 12.9. The Morgan fingerprint density at radius 3 is 2.92 bits per heavy atom. The second-order valence-corrected chi connectivity index (χ2v) is 7.00. The van der Waals surface area contributed by atoms with Gasteiger partial charge < -0.3 is 19.1 Å². The van der Waals surface area contributed by atoms with Crippen molar-refractivity contribution in [3.05, 3.63) is 48.5 Å². The fourth-order valence-electron chi connectivity index (χ4n) is 3.97. The van der Waals surface area contributed by atoms with Crippen molar-refractivity contribution in [2.24, 2.45) is 7.05 Å². The van der Waals surface area contributed by atoms with Crippen LogP contribution in [0.2, 0.25) is 0 Å². The largest absolute Gasteiger partial charge is 0.369 e. The molecular formula is C19H24N4O2.